The summed E-state index contributed by atoms with van der Waals surface area (Å²) in [6.45, 7) is 5.30. The minimum Gasteiger partial charge on any atom is -0.393 e. The number of nitrogens with one attached hydrogen (secondary N) is 2. The van der Waals surface area contributed by atoms with Crippen LogP contribution in [0.5, 0.6) is 0 Å². The highest BCUT2D eigenvalue weighted by Crippen LogP contribution is 2.65. The van der Waals surface area contributed by atoms with E-state index in [2.05, 4.69) is 40.4 Å². The summed E-state index contributed by atoms with van der Waals surface area (Å²) < 4.78 is 0. The molecule has 7 heteroatoms. The number of aliphatic hydroxyl groups is 1. The van der Waals surface area contributed by atoms with Crippen molar-refractivity contribution in [2.24, 2.45) is 33.7 Å². The van der Waals surface area contributed by atoms with Crippen molar-refractivity contribution in [3.8, 4) is 0 Å². The summed E-state index contributed by atoms with van der Waals surface area (Å²) in [6.07, 6.45) is 15.2. The topological polar surface area (TPSA) is 99.6 Å². The summed E-state index contributed by atoms with van der Waals surface area (Å²) in [4.78, 5) is 24.4. The highest BCUT2D eigenvalue weighted by atomic mass is 16.6. The van der Waals surface area contributed by atoms with E-state index < -0.39 is 0 Å². The molecule has 1 heterocycles. The lowest BCUT2D eigenvalue weighted by Crippen LogP contribution is -2.51. The number of hydrogen-bond donors (Lipinski definition) is 3. The van der Waals surface area contributed by atoms with Crippen LogP contribution in [-0.2, 0) is 16.1 Å². The highest BCUT2D eigenvalue weighted by Gasteiger charge is 2.58. The summed E-state index contributed by atoms with van der Waals surface area (Å²) in [5.41, 5.74) is 3.84. The molecule has 33 heavy (non-hydrogen) atoms. The second-order valence-corrected chi connectivity index (χ2v) is 11.2. The Morgan fingerprint density at radius 2 is 2.12 bits per heavy atom. The van der Waals surface area contributed by atoms with Crippen molar-refractivity contribution in [1.82, 2.24) is 15.3 Å². The van der Waals surface area contributed by atoms with Crippen molar-refractivity contribution in [2.45, 2.75) is 77.7 Å². The maximum Gasteiger partial charge on any atom is 0.260 e. The van der Waals surface area contributed by atoms with Gasteiger partial charge in [-0.05, 0) is 86.0 Å². The molecule has 0 aliphatic heterocycles. The van der Waals surface area contributed by atoms with E-state index in [-0.39, 0.29) is 29.4 Å². The number of amides is 1. The van der Waals surface area contributed by atoms with Gasteiger partial charge in [0.05, 0.1) is 18.1 Å². The first-order valence-corrected chi connectivity index (χ1v) is 12.7. The lowest BCUT2D eigenvalue weighted by Gasteiger charge is -2.57. The Labute approximate surface area is 196 Å². The van der Waals surface area contributed by atoms with Crippen LogP contribution in [0.3, 0.4) is 0 Å². The molecule has 0 unspecified atom stereocenters. The zero-order valence-electron chi connectivity index (χ0n) is 20.0. The van der Waals surface area contributed by atoms with Gasteiger partial charge < -0.3 is 20.2 Å². The third kappa shape index (κ3) is 4.13. The number of hydrogen-bond acceptors (Lipinski definition) is 5. The van der Waals surface area contributed by atoms with Crippen molar-refractivity contribution in [1.29, 1.82) is 0 Å². The number of nitrogens with zero attached hydrogens (tertiary/aromatic N) is 2. The molecule has 5 rings (SSSR count). The number of rotatable bonds is 6. The fourth-order valence-electron chi connectivity index (χ4n) is 7.60. The average molecular weight is 455 g/mol. The molecule has 4 aliphatic carbocycles. The third-order valence-electron chi connectivity index (χ3n) is 9.58. The van der Waals surface area contributed by atoms with E-state index in [1.165, 1.54) is 24.8 Å². The van der Waals surface area contributed by atoms with E-state index in [4.69, 9.17) is 4.84 Å². The quantitative estimate of drug-likeness (QED) is 0.570. The van der Waals surface area contributed by atoms with E-state index in [9.17, 15) is 9.90 Å². The molecule has 7 nitrogen and oxygen atoms in total. The number of carbonyl (C=O) groups excluding carboxylic acids is 1. The summed E-state index contributed by atoms with van der Waals surface area (Å²) in [5.74, 6) is 1.97. The first-order valence-electron chi connectivity index (χ1n) is 12.7. The Bertz CT molecular complexity index is 926. The number of aromatic nitrogens is 2. The van der Waals surface area contributed by atoms with Crippen molar-refractivity contribution in [2.75, 3.05) is 13.2 Å². The molecule has 1 aromatic rings. The molecular formula is C26H38N4O3. The summed E-state index contributed by atoms with van der Waals surface area (Å²) in [6, 6.07) is 0. The first kappa shape index (κ1) is 22.6. The van der Waals surface area contributed by atoms with Crippen LogP contribution in [0, 0.1) is 28.6 Å². The van der Waals surface area contributed by atoms with Gasteiger partial charge in [-0.15, -0.1) is 0 Å². The smallest absolute Gasteiger partial charge is 0.260 e. The largest absolute Gasteiger partial charge is 0.393 e. The van der Waals surface area contributed by atoms with Crippen molar-refractivity contribution < 1.29 is 14.7 Å². The zero-order chi connectivity index (χ0) is 23.1. The van der Waals surface area contributed by atoms with Gasteiger partial charge in [0.15, 0.2) is 6.61 Å². The normalized spacial score (nSPS) is 38.8. The first-order chi connectivity index (χ1) is 15.9. The van der Waals surface area contributed by atoms with Crippen LogP contribution >= 0.6 is 0 Å². The fraction of sp³-hybridized carbons (Fsp3) is 0.731. The lowest BCUT2D eigenvalue weighted by molar-refractivity contribution is -0.125. The average Bonchev–Trinajstić information content (AvgIpc) is 3.42. The van der Waals surface area contributed by atoms with Crippen LogP contribution in [0.4, 0.5) is 0 Å². The second kappa shape index (κ2) is 8.90. The van der Waals surface area contributed by atoms with E-state index in [0.717, 1.165) is 49.4 Å². The second-order valence-electron chi connectivity index (χ2n) is 11.2. The van der Waals surface area contributed by atoms with Crippen molar-refractivity contribution >= 4 is 11.6 Å². The number of fused-ring (bicyclic) bond motifs is 5. The molecule has 0 aromatic carbocycles. The minimum absolute atomic E-state index is 0.0554. The molecule has 4 aliphatic rings. The van der Waals surface area contributed by atoms with Gasteiger partial charge in [0.2, 0.25) is 0 Å². The predicted molar refractivity (Wildman–Crippen MR) is 126 cm³/mol. The summed E-state index contributed by atoms with van der Waals surface area (Å²) >= 11 is 0. The van der Waals surface area contributed by atoms with Gasteiger partial charge in [0, 0.05) is 24.9 Å². The van der Waals surface area contributed by atoms with Crippen LogP contribution in [0.25, 0.3) is 0 Å². The Morgan fingerprint density at radius 1 is 1.24 bits per heavy atom. The fourth-order valence-corrected chi connectivity index (χ4v) is 7.60. The Kier molecular flexibility index (Phi) is 6.10. The molecule has 0 bridgehead atoms. The maximum atomic E-state index is 12.0. The van der Waals surface area contributed by atoms with Gasteiger partial charge in [-0.2, -0.15) is 0 Å². The van der Waals surface area contributed by atoms with Crippen LogP contribution in [0.2, 0.25) is 0 Å². The molecule has 0 saturated heterocycles. The molecule has 3 fully saturated rings. The van der Waals surface area contributed by atoms with Gasteiger partial charge in [-0.1, -0.05) is 24.6 Å². The molecule has 3 saturated carbocycles. The summed E-state index contributed by atoms with van der Waals surface area (Å²) in [5, 5.41) is 17.8. The van der Waals surface area contributed by atoms with Gasteiger partial charge in [0.25, 0.3) is 5.91 Å². The maximum absolute atomic E-state index is 12.0. The van der Waals surface area contributed by atoms with Gasteiger partial charge in [-0.3, -0.25) is 4.79 Å². The SMILES string of the molecule is C[C@]12CC[C@H]3[C@@H](CCC4=CC(=NOCC(=O)NCCc5cnc[nH]5)CC[C@@]43C)[C@@H]1CC[C@@H]2O. The van der Waals surface area contributed by atoms with Gasteiger partial charge in [-0.25, -0.2) is 4.98 Å². The van der Waals surface area contributed by atoms with Crippen LogP contribution in [-0.4, -0.2) is 45.9 Å². The van der Waals surface area contributed by atoms with E-state index >= 15 is 0 Å². The Morgan fingerprint density at radius 3 is 2.94 bits per heavy atom. The number of carbonyl (C=O) groups is 1. The zero-order valence-corrected chi connectivity index (χ0v) is 20.0. The predicted octanol–water partition coefficient (Wildman–Crippen LogP) is 3.76. The lowest BCUT2D eigenvalue weighted by atomic mass is 9.47. The van der Waals surface area contributed by atoms with E-state index in [0.29, 0.717) is 24.8 Å². The van der Waals surface area contributed by atoms with Crippen LogP contribution < -0.4 is 5.32 Å². The molecule has 0 radical (unpaired) electrons. The van der Waals surface area contributed by atoms with E-state index in [1.807, 2.05) is 0 Å². The molecule has 1 amide bonds. The minimum atomic E-state index is -0.156. The van der Waals surface area contributed by atoms with Crippen molar-refractivity contribution in [3.63, 3.8) is 0 Å². The number of aliphatic hydroxyl groups excluding tert-OH is 1. The molecular weight excluding hydrogens is 416 g/mol. The summed E-state index contributed by atoms with van der Waals surface area (Å²) in [7, 11) is 0. The van der Waals surface area contributed by atoms with Crippen molar-refractivity contribution in [3.05, 3.63) is 29.9 Å². The molecule has 1 aromatic heterocycles. The molecule has 0 spiro atoms. The standard InChI is InChI=1S/C26H38N4O3/c1-25-10-7-18(30-33-15-24(32)28-12-9-19-14-27-16-29-19)13-17(25)3-4-20-21-5-6-23(31)26(21,2)11-8-22(20)25/h13-14,16,20-23,31H,3-12,15H2,1-2H3,(H,27,29)(H,28,32)/t20-,21-,22-,23-,25-,26-/m0/s1. The number of allylic oxidation sites excluding steroid dienone is 2. The van der Waals surface area contributed by atoms with E-state index in [1.54, 1.807) is 12.5 Å². The molecule has 6 atom stereocenters. The highest BCUT2D eigenvalue weighted by molar-refractivity contribution is 5.96. The number of imidazole rings is 1. The number of aromatic amines is 1. The van der Waals surface area contributed by atoms with Crippen LogP contribution in [0.15, 0.2) is 29.3 Å². The van der Waals surface area contributed by atoms with Gasteiger partial charge in [0.1, 0.15) is 0 Å². The molecule has 180 valence electrons. The number of H-pyrrole nitrogens is 1. The third-order valence-corrected chi connectivity index (χ3v) is 9.58. The van der Waals surface area contributed by atoms with Crippen LogP contribution in [0.1, 0.15) is 70.9 Å². The monoisotopic (exact) mass is 454 g/mol. The Hall–Kier alpha value is -2.15. The van der Waals surface area contributed by atoms with Gasteiger partial charge >= 0.3 is 0 Å². The number of oxime groups is 1. The molecule has 3 N–H and O–H groups in total. The Balaban J connectivity index is 1.16.